The zero-order valence-corrected chi connectivity index (χ0v) is 13.3. The Morgan fingerprint density at radius 1 is 1.17 bits per heavy atom. The van der Waals surface area contributed by atoms with Crippen LogP contribution in [0.3, 0.4) is 0 Å². The number of halogens is 1. The van der Waals surface area contributed by atoms with Gasteiger partial charge in [0.15, 0.2) is 0 Å². The lowest BCUT2D eigenvalue weighted by molar-refractivity contribution is 0.0948. The molecule has 1 heterocycles. The van der Waals surface area contributed by atoms with E-state index in [1.807, 2.05) is 0 Å². The molecule has 1 atom stereocenters. The Balaban J connectivity index is 1.51. The third-order valence-corrected chi connectivity index (χ3v) is 4.34. The van der Waals surface area contributed by atoms with E-state index in [9.17, 15) is 9.18 Å². The van der Waals surface area contributed by atoms with Crippen LogP contribution < -0.4 is 10.2 Å². The predicted octanol–water partition coefficient (Wildman–Crippen LogP) is 3.39. The number of anilines is 1. The number of nitrogens with zero attached hydrogens (tertiary/aromatic N) is 1. The lowest BCUT2D eigenvalue weighted by Crippen LogP contribution is -2.31. The molecule has 1 amide bonds. The molecule has 1 aliphatic heterocycles. The van der Waals surface area contributed by atoms with Gasteiger partial charge in [-0.15, -0.1) is 0 Å². The summed E-state index contributed by atoms with van der Waals surface area (Å²) in [4.78, 5) is 14.4. The Labute approximate surface area is 136 Å². The summed E-state index contributed by atoms with van der Waals surface area (Å²) >= 11 is 0. The van der Waals surface area contributed by atoms with Gasteiger partial charge in [-0.25, -0.2) is 4.39 Å². The fraction of sp³-hybridized carbons (Fsp3) is 0.316. The molecular weight excluding hydrogens is 291 g/mol. The zero-order chi connectivity index (χ0) is 16.2. The summed E-state index contributed by atoms with van der Waals surface area (Å²) in [5.74, 6) is -0.0226. The molecule has 2 aromatic carbocycles. The van der Waals surface area contributed by atoms with E-state index >= 15 is 0 Å². The molecule has 120 valence electrons. The predicted molar refractivity (Wildman–Crippen MR) is 90.2 cm³/mol. The Kier molecular flexibility index (Phi) is 4.60. The molecule has 4 heteroatoms. The summed E-state index contributed by atoms with van der Waals surface area (Å²) in [7, 11) is 0. The largest absolute Gasteiger partial charge is 0.371 e. The van der Waals surface area contributed by atoms with Crippen LogP contribution in [0.15, 0.2) is 48.5 Å². The first-order valence-corrected chi connectivity index (χ1v) is 7.97. The van der Waals surface area contributed by atoms with Crippen molar-refractivity contribution in [2.45, 2.75) is 13.3 Å². The SMILES string of the molecule is Cc1ccc(N2CCC(CNC(=O)c3ccc(F)cc3)C2)cc1. The smallest absolute Gasteiger partial charge is 0.251 e. The van der Waals surface area contributed by atoms with Crippen LogP contribution in [0.2, 0.25) is 0 Å². The lowest BCUT2D eigenvalue weighted by atomic mass is 10.1. The van der Waals surface area contributed by atoms with Gasteiger partial charge in [0.2, 0.25) is 0 Å². The molecule has 0 spiro atoms. The summed E-state index contributed by atoms with van der Waals surface area (Å²) in [6, 6.07) is 14.2. The van der Waals surface area contributed by atoms with E-state index in [-0.39, 0.29) is 11.7 Å². The summed E-state index contributed by atoms with van der Waals surface area (Å²) in [5, 5.41) is 2.95. The molecule has 0 saturated carbocycles. The van der Waals surface area contributed by atoms with E-state index in [1.165, 1.54) is 35.5 Å². The molecule has 23 heavy (non-hydrogen) atoms. The highest BCUT2D eigenvalue weighted by molar-refractivity contribution is 5.94. The highest BCUT2D eigenvalue weighted by Crippen LogP contribution is 2.23. The number of amides is 1. The molecule has 3 rings (SSSR count). The van der Waals surface area contributed by atoms with Crippen molar-refractivity contribution in [2.24, 2.45) is 5.92 Å². The van der Waals surface area contributed by atoms with Gasteiger partial charge in [0.05, 0.1) is 0 Å². The standard InChI is InChI=1S/C19H21FN2O/c1-14-2-8-18(9-3-14)22-11-10-15(13-22)12-21-19(23)16-4-6-17(20)7-5-16/h2-9,15H,10-13H2,1H3,(H,21,23). The summed E-state index contributed by atoms with van der Waals surface area (Å²) in [6.07, 6.45) is 1.07. The monoisotopic (exact) mass is 312 g/mol. The maximum Gasteiger partial charge on any atom is 0.251 e. The minimum Gasteiger partial charge on any atom is -0.371 e. The molecule has 0 radical (unpaired) electrons. The third kappa shape index (κ3) is 3.89. The Hall–Kier alpha value is -2.36. The van der Waals surface area contributed by atoms with Crippen LogP contribution in [0.5, 0.6) is 0 Å². The van der Waals surface area contributed by atoms with E-state index in [0.717, 1.165) is 19.5 Å². The average Bonchev–Trinajstić information content (AvgIpc) is 3.03. The third-order valence-electron chi connectivity index (χ3n) is 4.34. The number of hydrogen-bond donors (Lipinski definition) is 1. The number of aryl methyl sites for hydroxylation is 1. The summed E-state index contributed by atoms with van der Waals surface area (Å²) < 4.78 is 12.9. The van der Waals surface area contributed by atoms with Crippen molar-refractivity contribution < 1.29 is 9.18 Å². The molecule has 0 bridgehead atoms. The number of rotatable bonds is 4. The van der Waals surface area contributed by atoms with Crippen molar-refractivity contribution >= 4 is 11.6 Å². The van der Waals surface area contributed by atoms with Gasteiger partial charge in [0.25, 0.3) is 5.91 Å². The Morgan fingerprint density at radius 3 is 2.57 bits per heavy atom. The first-order valence-electron chi connectivity index (χ1n) is 7.97. The fourth-order valence-electron chi connectivity index (χ4n) is 2.93. The highest BCUT2D eigenvalue weighted by atomic mass is 19.1. The number of carbonyl (C=O) groups is 1. The molecule has 1 aliphatic rings. The van der Waals surface area contributed by atoms with Crippen LogP contribution in [-0.4, -0.2) is 25.5 Å². The maximum absolute atomic E-state index is 12.9. The normalized spacial score (nSPS) is 17.3. The van der Waals surface area contributed by atoms with Crippen molar-refractivity contribution in [3.8, 4) is 0 Å². The second-order valence-electron chi connectivity index (χ2n) is 6.15. The number of nitrogens with one attached hydrogen (secondary N) is 1. The van der Waals surface area contributed by atoms with Crippen LogP contribution in [0.1, 0.15) is 22.3 Å². The highest BCUT2D eigenvalue weighted by Gasteiger charge is 2.23. The second-order valence-corrected chi connectivity index (χ2v) is 6.15. The van der Waals surface area contributed by atoms with E-state index in [0.29, 0.717) is 18.0 Å². The molecule has 0 aliphatic carbocycles. The summed E-state index contributed by atoms with van der Waals surface area (Å²) in [6.45, 7) is 4.70. The molecule has 3 nitrogen and oxygen atoms in total. The van der Waals surface area contributed by atoms with Crippen LogP contribution in [-0.2, 0) is 0 Å². The van der Waals surface area contributed by atoms with Crippen LogP contribution >= 0.6 is 0 Å². The molecule has 2 aromatic rings. The van der Waals surface area contributed by atoms with Gasteiger partial charge >= 0.3 is 0 Å². The lowest BCUT2D eigenvalue weighted by Gasteiger charge is -2.19. The number of benzene rings is 2. The van der Waals surface area contributed by atoms with Crippen molar-refractivity contribution in [3.05, 3.63) is 65.5 Å². The molecule has 1 unspecified atom stereocenters. The number of carbonyl (C=O) groups excluding carboxylic acids is 1. The minimum atomic E-state index is -0.328. The van der Waals surface area contributed by atoms with Gasteiger partial charge in [-0.3, -0.25) is 4.79 Å². The first-order chi connectivity index (χ1) is 11.1. The zero-order valence-electron chi connectivity index (χ0n) is 13.3. The van der Waals surface area contributed by atoms with E-state index in [1.54, 1.807) is 0 Å². The molecule has 1 N–H and O–H groups in total. The first kappa shape index (κ1) is 15.5. The van der Waals surface area contributed by atoms with Crippen LogP contribution in [0.25, 0.3) is 0 Å². The molecule has 0 aromatic heterocycles. The minimum absolute atomic E-state index is 0.140. The van der Waals surface area contributed by atoms with Gasteiger partial charge in [0.1, 0.15) is 5.82 Å². The van der Waals surface area contributed by atoms with Crippen molar-refractivity contribution in [2.75, 3.05) is 24.5 Å². The Bertz CT molecular complexity index is 667. The van der Waals surface area contributed by atoms with Crippen molar-refractivity contribution in [3.63, 3.8) is 0 Å². The molecular formula is C19H21FN2O. The Morgan fingerprint density at radius 2 is 1.87 bits per heavy atom. The summed E-state index contributed by atoms with van der Waals surface area (Å²) in [5.41, 5.74) is 3.00. The molecule has 1 fully saturated rings. The van der Waals surface area contributed by atoms with Crippen LogP contribution in [0.4, 0.5) is 10.1 Å². The van der Waals surface area contributed by atoms with Crippen molar-refractivity contribution in [1.29, 1.82) is 0 Å². The molecule has 1 saturated heterocycles. The van der Waals surface area contributed by atoms with Gasteiger partial charge < -0.3 is 10.2 Å². The quantitative estimate of drug-likeness (QED) is 0.938. The van der Waals surface area contributed by atoms with Gasteiger partial charge in [0, 0.05) is 30.9 Å². The maximum atomic E-state index is 12.9. The van der Waals surface area contributed by atoms with Gasteiger partial charge in [-0.2, -0.15) is 0 Å². The van der Waals surface area contributed by atoms with Crippen molar-refractivity contribution in [1.82, 2.24) is 5.32 Å². The van der Waals surface area contributed by atoms with E-state index < -0.39 is 0 Å². The van der Waals surface area contributed by atoms with Gasteiger partial charge in [-0.1, -0.05) is 17.7 Å². The fourth-order valence-corrected chi connectivity index (χ4v) is 2.93. The van der Waals surface area contributed by atoms with E-state index in [4.69, 9.17) is 0 Å². The van der Waals surface area contributed by atoms with Crippen LogP contribution in [0, 0.1) is 18.7 Å². The second kappa shape index (κ2) is 6.82. The van der Waals surface area contributed by atoms with Gasteiger partial charge in [-0.05, 0) is 55.7 Å². The average molecular weight is 312 g/mol. The number of hydrogen-bond acceptors (Lipinski definition) is 2. The topological polar surface area (TPSA) is 32.3 Å². The van der Waals surface area contributed by atoms with E-state index in [2.05, 4.69) is 41.4 Å².